The smallest absolute Gasteiger partial charge is 0.251 e. The first kappa shape index (κ1) is 22.6. The van der Waals surface area contributed by atoms with E-state index in [9.17, 15) is 18.0 Å². The van der Waals surface area contributed by atoms with Crippen molar-refractivity contribution in [1.82, 2.24) is 14.9 Å². The lowest BCUT2D eigenvalue weighted by Crippen LogP contribution is -2.47. The van der Waals surface area contributed by atoms with E-state index in [4.69, 9.17) is 4.74 Å². The van der Waals surface area contributed by atoms with E-state index in [0.717, 1.165) is 22.1 Å². The number of benzene rings is 2. The van der Waals surface area contributed by atoms with Gasteiger partial charge in [-0.1, -0.05) is 12.1 Å². The Labute approximate surface area is 182 Å². The highest BCUT2D eigenvalue weighted by Crippen LogP contribution is 2.27. The first-order chi connectivity index (χ1) is 14.7. The summed E-state index contributed by atoms with van der Waals surface area (Å²) in [5.41, 5.74) is 2.05. The summed E-state index contributed by atoms with van der Waals surface area (Å²) < 4.78 is 31.3. The summed E-state index contributed by atoms with van der Waals surface area (Å²) in [5, 5.41) is 5.59. The van der Waals surface area contributed by atoms with E-state index in [1.165, 1.54) is 39.4 Å². The van der Waals surface area contributed by atoms with Crippen LogP contribution < -0.4 is 20.3 Å². The second kappa shape index (κ2) is 9.36. The SMILES string of the molecule is COc1ccc(C(=O)NCc2ccc(N3CCNC(=O)C3)cc2)cc1S(=O)(=O)N(C)C. The Kier molecular flexibility index (Phi) is 6.81. The third kappa shape index (κ3) is 5.15. The van der Waals surface area contributed by atoms with Crippen LogP contribution in [0.1, 0.15) is 15.9 Å². The molecule has 0 atom stereocenters. The Morgan fingerprint density at radius 1 is 1.19 bits per heavy atom. The summed E-state index contributed by atoms with van der Waals surface area (Å²) in [4.78, 5) is 26.1. The number of carbonyl (C=O) groups excluding carboxylic acids is 2. The maximum absolute atomic E-state index is 12.6. The number of ether oxygens (including phenoxy) is 1. The zero-order valence-electron chi connectivity index (χ0n) is 17.7. The van der Waals surface area contributed by atoms with Crippen LogP contribution in [-0.2, 0) is 21.4 Å². The molecule has 2 aromatic carbocycles. The zero-order chi connectivity index (χ0) is 22.6. The van der Waals surface area contributed by atoms with E-state index in [-0.39, 0.29) is 28.7 Å². The molecule has 9 nitrogen and oxygen atoms in total. The fourth-order valence-electron chi connectivity index (χ4n) is 3.18. The standard InChI is InChI=1S/C21H26N4O5S/c1-24(2)31(28,29)19-12-16(6-9-18(19)30-3)21(27)23-13-15-4-7-17(8-5-15)25-11-10-22-20(26)14-25/h4-9,12H,10-11,13-14H2,1-3H3,(H,22,26)(H,23,27). The molecule has 0 aromatic heterocycles. The van der Waals surface area contributed by atoms with Crippen LogP contribution in [0.5, 0.6) is 5.75 Å². The van der Waals surface area contributed by atoms with Crippen LogP contribution in [0.3, 0.4) is 0 Å². The summed E-state index contributed by atoms with van der Waals surface area (Å²) in [6.45, 7) is 1.97. The van der Waals surface area contributed by atoms with Crippen LogP contribution in [0.25, 0.3) is 0 Å². The highest BCUT2D eigenvalue weighted by molar-refractivity contribution is 7.89. The maximum atomic E-state index is 12.6. The molecule has 1 heterocycles. The first-order valence-corrected chi connectivity index (χ1v) is 11.2. The summed E-state index contributed by atoms with van der Waals surface area (Å²) >= 11 is 0. The molecule has 2 aromatic rings. The lowest BCUT2D eigenvalue weighted by Gasteiger charge is -2.28. The van der Waals surface area contributed by atoms with Gasteiger partial charge < -0.3 is 20.3 Å². The second-order valence-corrected chi connectivity index (χ2v) is 9.39. The normalized spacial score (nSPS) is 14.3. The van der Waals surface area contributed by atoms with Crippen LogP contribution in [0, 0.1) is 0 Å². The van der Waals surface area contributed by atoms with Crippen molar-refractivity contribution in [2.75, 3.05) is 45.7 Å². The Hall–Kier alpha value is -3.11. The number of piperazine rings is 1. The lowest BCUT2D eigenvalue weighted by molar-refractivity contribution is -0.120. The van der Waals surface area contributed by atoms with E-state index in [0.29, 0.717) is 13.1 Å². The third-order valence-corrected chi connectivity index (χ3v) is 6.81. The lowest BCUT2D eigenvalue weighted by atomic mass is 10.1. The number of carbonyl (C=O) groups is 2. The highest BCUT2D eigenvalue weighted by Gasteiger charge is 2.24. The topological polar surface area (TPSA) is 108 Å². The molecule has 10 heteroatoms. The van der Waals surface area contributed by atoms with Crippen molar-refractivity contribution in [3.8, 4) is 5.75 Å². The molecule has 2 N–H and O–H groups in total. The van der Waals surface area contributed by atoms with Gasteiger partial charge in [0.05, 0.1) is 13.7 Å². The quantitative estimate of drug-likeness (QED) is 0.652. The Balaban J connectivity index is 1.69. The van der Waals surface area contributed by atoms with Gasteiger partial charge in [-0.15, -0.1) is 0 Å². The van der Waals surface area contributed by atoms with Crippen LogP contribution in [0.15, 0.2) is 47.4 Å². The van der Waals surface area contributed by atoms with Gasteiger partial charge in [0.15, 0.2) is 0 Å². The van der Waals surface area contributed by atoms with Crippen molar-refractivity contribution in [3.05, 3.63) is 53.6 Å². The number of hydrogen-bond donors (Lipinski definition) is 2. The van der Waals surface area contributed by atoms with Crippen molar-refractivity contribution in [2.45, 2.75) is 11.4 Å². The van der Waals surface area contributed by atoms with Gasteiger partial charge >= 0.3 is 0 Å². The van der Waals surface area contributed by atoms with Gasteiger partial charge in [-0.05, 0) is 35.9 Å². The summed E-state index contributed by atoms with van der Waals surface area (Å²) in [5.74, 6) is -0.223. The van der Waals surface area contributed by atoms with Crippen molar-refractivity contribution >= 4 is 27.5 Å². The first-order valence-electron chi connectivity index (χ1n) is 9.71. The van der Waals surface area contributed by atoms with Crippen molar-refractivity contribution < 1.29 is 22.7 Å². The molecule has 2 amide bonds. The number of hydrogen-bond acceptors (Lipinski definition) is 6. The van der Waals surface area contributed by atoms with Crippen LogP contribution in [0.4, 0.5) is 5.69 Å². The molecule has 0 unspecified atom stereocenters. The molecule has 3 rings (SSSR count). The fourth-order valence-corrected chi connectivity index (χ4v) is 4.26. The molecule has 1 saturated heterocycles. The molecule has 0 spiro atoms. The van der Waals surface area contributed by atoms with Gasteiger partial charge in [0.25, 0.3) is 5.91 Å². The predicted octanol–water partition coefficient (Wildman–Crippen LogP) is 0.812. The molecule has 166 valence electrons. The van der Waals surface area contributed by atoms with Gasteiger partial charge in [-0.25, -0.2) is 12.7 Å². The van der Waals surface area contributed by atoms with Gasteiger partial charge in [-0.2, -0.15) is 0 Å². The minimum absolute atomic E-state index is 0.00210. The Morgan fingerprint density at radius 3 is 2.52 bits per heavy atom. The minimum atomic E-state index is -3.77. The van der Waals surface area contributed by atoms with Crippen molar-refractivity contribution in [1.29, 1.82) is 0 Å². The molecule has 31 heavy (non-hydrogen) atoms. The summed E-state index contributed by atoms with van der Waals surface area (Å²) in [7, 11) is 0.448. The fraction of sp³-hybridized carbons (Fsp3) is 0.333. The molecule has 0 bridgehead atoms. The summed E-state index contributed by atoms with van der Waals surface area (Å²) in [6, 6.07) is 11.9. The number of anilines is 1. The molecule has 1 aliphatic rings. The van der Waals surface area contributed by atoms with Gasteiger partial charge in [-0.3, -0.25) is 9.59 Å². The van der Waals surface area contributed by atoms with Gasteiger partial charge in [0.2, 0.25) is 15.9 Å². The molecule has 1 fully saturated rings. The summed E-state index contributed by atoms with van der Waals surface area (Å²) in [6.07, 6.45) is 0. The van der Waals surface area contributed by atoms with E-state index in [1.807, 2.05) is 29.2 Å². The average Bonchev–Trinajstić information content (AvgIpc) is 2.77. The Morgan fingerprint density at radius 2 is 1.90 bits per heavy atom. The van der Waals surface area contributed by atoms with Crippen LogP contribution in [-0.4, -0.2) is 65.4 Å². The van der Waals surface area contributed by atoms with E-state index < -0.39 is 15.9 Å². The molecule has 0 radical (unpaired) electrons. The Bertz CT molecular complexity index is 1070. The molecule has 0 aliphatic carbocycles. The maximum Gasteiger partial charge on any atom is 0.251 e. The van der Waals surface area contributed by atoms with Crippen LogP contribution in [0.2, 0.25) is 0 Å². The molecular formula is C21H26N4O5S. The number of nitrogens with zero attached hydrogens (tertiary/aromatic N) is 2. The number of nitrogens with one attached hydrogen (secondary N) is 2. The largest absolute Gasteiger partial charge is 0.495 e. The van der Waals surface area contributed by atoms with E-state index >= 15 is 0 Å². The third-order valence-electron chi connectivity index (χ3n) is 4.98. The molecular weight excluding hydrogens is 420 g/mol. The molecule has 0 saturated carbocycles. The van der Waals surface area contributed by atoms with Crippen molar-refractivity contribution in [2.24, 2.45) is 0 Å². The highest BCUT2D eigenvalue weighted by atomic mass is 32.2. The van der Waals surface area contributed by atoms with E-state index in [1.54, 1.807) is 0 Å². The van der Waals surface area contributed by atoms with Crippen LogP contribution >= 0.6 is 0 Å². The monoisotopic (exact) mass is 446 g/mol. The predicted molar refractivity (Wildman–Crippen MR) is 117 cm³/mol. The second-order valence-electron chi connectivity index (χ2n) is 7.27. The van der Waals surface area contributed by atoms with Gasteiger partial charge in [0, 0.05) is 45.0 Å². The van der Waals surface area contributed by atoms with Gasteiger partial charge in [0.1, 0.15) is 10.6 Å². The minimum Gasteiger partial charge on any atom is -0.495 e. The number of amides is 2. The van der Waals surface area contributed by atoms with Crippen molar-refractivity contribution in [3.63, 3.8) is 0 Å². The number of rotatable bonds is 7. The van der Waals surface area contributed by atoms with E-state index in [2.05, 4.69) is 10.6 Å². The average molecular weight is 447 g/mol. The number of sulfonamides is 1. The zero-order valence-corrected chi connectivity index (χ0v) is 18.5. The molecule has 1 aliphatic heterocycles. The number of methoxy groups -OCH3 is 1.